The molecule has 0 aromatic carbocycles. The highest BCUT2D eigenvalue weighted by molar-refractivity contribution is 5.61. The van der Waals surface area contributed by atoms with Crippen molar-refractivity contribution in [1.29, 1.82) is 0 Å². The van der Waals surface area contributed by atoms with Crippen molar-refractivity contribution in [2.75, 3.05) is 0 Å². The molecule has 1 aliphatic rings. The van der Waals surface area contributed by atoms with E-state index in [1.807, 2.05) is 6.20 Å². The Labute approximate surface area is 90.5 Å². The van der Waals surface area contributed by atoms with Gasteiger partial charge in [-0.2, -0.15) is 0 Å². The average molecular weight is 206 g/mol. The monoisotopic (exact) mass is 206 g/mol. The van der Waals surface area contributed by atoms with Crippen LogP contribution in [0.3, 0.4) is 0 Å². The van der Waals surface area contributed by atoms with E-state index in [0.717, 1.165) is 43.6 Å². The molecule has 1 atom stereocenters. The molecule has 0 amide bonds. The van der Waals surface area contributed by atoms with Crippen LogP contribution in [-0.4, -0.2) is 15.8 Å². The van der Waals surface area contributed by atoms with Gasteiger partial charge in [-0.15, -0.1) is 0 Å². The van der Waals surface area contributed by atoms with Crippen molar-refractivity contribution >= 4 is 6.29 Å². The van der Waals surface area contributed by atoms with Gasteiger partial charge in [0.05, 0.1) is 5.92 Å². The topological polar surface area (TPSA) is 34.9 Å². The summed E-state index contributed by atoms with van der Waals surface area (Å²) in [5, 5.41) is 0. The molecule has 0 bridgehead atoms. The zero-order valence-electron chi connectivity index (χ0n) is 9.44. The second-order valence-electron chi connectivity index (χ2n) is 4.73. The molecule has 1 aliphatic heterocycles. The minimum Gasteiger partial charge on any atom is -0.331 e. The standard InChI is InChI=1S/C12H18N2O/c1-9(2)6-12-13-7-11-10(8-15)4-3-5-14(11)12/h7-10H,3-6H2,1-2H3. The fourth-order valence-electron chi connectivity index (χ4n) is 2.27. The quantitative estimate of drug-likeness (QED) is 0.710. The van der Waals surface area contributed by atoms with E-state index in [2.05, 4.69) is 23.4 Å². The van der Waals surface area contributed by atoms with Gasteiger partial charge in [-0.25, -0.2) is 4.98 Å². The van der Waals surface area contributed by atoms with Gasteiger partial charge < -0.3 is 9.36 Å². The third-order valence-electron chi connectivity index (χ3n) is 3.00. The fraction of sp³-hybridized carbons (Fsp3) is 0.667. The number of nitrogens with zero attached hydrogens (tertiary/aromatic N) is 2. The van der Waals surface area contributed by atoms with Crippen molar-refractivity contribution in [2.24, 2.45) is 5.92 Å². The molecule has 2 rings (SSSR count). The van der Waals surface area contributed by atoms with Gasteiger partial charge in [0, 0.05) is 24.9 Å². The summed E-state index contributed by atoms with van der Waals surface area (Å²) in [7, 11) is 0. The maximum atomic E-state index is 10.9. The molecule has 0 saturated carbocycles. The first-order valence-corrected chi connectivity index (χ1v) is 5.72. The molecule has 3 nitrogen and oxygen atoms in total. The summed E-state index contributed by atoms with van der Waals surface area (Å²) in [6.07, 6.45) is 6.03. The second-order valence-corrected chi connectivity index (χ2v) is 4.73. The summed E-state index contributed by atoms with van der Waals surface area (Å²) in [6, 6.07) is 0. The van der Waals surface area contributed by atoms with Crippen LogP contribution in [-0.2, 0) is 17.8 Å². The molecule has 2 heterocycles. The average Bonchev–Trinajstić information content (AvgIpc) is 2.61. The van der Waals surface area contributed by atoms with Crippen LogP contribution in [0.4, 0.5) is 0 Å². The van der Waals surface area contributed by atoms with E-state index in [9.17, 15) is 4.79 Å². The Bertz CT molecular complexity index is 355. The predicted octanol–water partition coefficient (Wildman–Crippen LogP) is 2.16. The van der Waals surface area contributed by atoms with Crippen molar-refractivity contribution in [3.8, 4) is 0 Å². The minimum absolute atomic E-state index is 0.0761. The summed E-state index contributed by atoms with van der Waals surface area (Å²) < 4.78 is 2.24. The molecule has 0 spiro atoms. The summed E-state index contributed by atoms with van der Waals surface area (Å²) in [5.74, 6) is 1.84. The lowest BCUT2D eigenvalue weighted by atomic mass is 9.98. The number of hydrogen-bond acceptors (Lipinski definition) is 2. The molecule has 15 heavy (non-hydrogen) atoms. The Kier molecular flexibility index (Phi) is 2.89. The Balaban J connectivity index is 2.29. The molecule has 1 unspecified atom stereocenters. The smallest absolute Gasteiger partial charge is 0.129 e. The van der Waals surface area contributed by atoms with Crippen LogP contribution in [0.25, 0.3) is 0 Å². The van der Waals surface area contributed by atoms with Crippen LogP contribution in [0.15, 0.2) is 6.20 Å². The van der Waals surface area contributed by atoms with E-state index in [0.29, 0.717) is 5.92 Å². The van der Waals surface area contributed by atoms with E-state index < -0.39 is 0 Å². The molecular weight excluding hydrogens is 188 g/mol. The fourth-order valence-corrected chi connectivity index (χ4v) is 2.27. The van der Waals surface area contributed by atoms with E-state index in [-0.39, 0.29) is 5.92 Å². The van der Waals surface area contributed by atoms with Gasteiger partial charge in [0.15, 0.2) is 0 Å². The highest BCUT2D eigenvalue weighted by Gasteiger charge is 2.22. The number of imidazole rings is 1. The van der Waals surface area contributed by atoms with E-state index in [4.69, 9.17) is 0 Å². The molecule has 0 fully saturated rings. The molecule has 0 radical (unpaired) electrons. The van der Waals surface area contributed by atoms with Gasteiger partial charge in [0.1, 0.15) is 12.1 Å². The highest BCUT2D eigenvalue weighted by Crippen LogP contribution is 2.27. The number of aromatic nitrogens is 2. The largest absolute Gasteiger partial charge is 0.331 e. The van der Waals surface area contributed by atoms with Crippen molar-refractivity contribution in [2.45, 2.75) is 45.6 Å². The summed E-state index contributed by atoms with van der Waals surface area (Å²) >= 11 is 0. The van der Waals surface area contributed by atoms with Crippen molar-refractivity contribution in [3.05, 3.63) is 17.7 Å². The molecule has 0 N–H and O–H groups in total. The lowest BCUT2D eigenvalue weighted by Crippen LogP contribution is -2.18. The number of carbonyl (C=O) groups is 1. The lowest BCUT2D eigenvalue weighted by Gasteiger charge is -2.21. The minimum atomic E-state index is 0.0761. The zero-order chi connectivity index (χ0) is 10.8. The number of rotatable bonds is 3. The number of hydrogen-bond donors (Lipinski definition) is 0. The maximum Gasteiger partial charge on any atom is 0.129 e. The normalized spacial score (nSPS) is 20.3. The number of aldehydes is 1. The van der Waals surface area contributed by atoms with Gasteiger partial charge in [-0.1, -0.05) is 13.8 Å². The second kappa shape index (κ2) is 4.17. The van der Waals surface area contributed by atoms with E-state index in [1.54, 1.807) is 0 Å². The van der Waals surface area contributed by atoms with Gasteiger partial charge in [0.2, 0.25) is 0 Å². The van der Waals surface area contributed by atoms with Gasteiger partial charge >= 0.3 is 0 Å². The predicted molar refractivity (Wildman–Crippen MR) is 58.8 cm³/mol. The first kappa shape index (κ1) is 10.4. The van der Waals surface area contributed by atoms with Crippen molar-refractivity contribution in [1.82, 2.24) is 9.55 Å². The van der Waals surface area contributed by atoms with Gasteiger partial charge in [0.25, 0.3) is 0 Å². The zero-order valence-corrected chi connectivity index (χ0v) is 9.44. The molecule has 0 aliphatic carbocycles. The first-order chi connectivity index (χ1) is 7.22. The third kappa shape index (κ3) is 1.96. The summed E-state index contributed by atoms with van der Waals surface area (Å²) in [4.78, 5) is 15.4. The summed E-state index contributed by atoms with van der Waals surface area (Å²) in [5.41, 5.74) is 1.12. The van der Waals surface area contributed by atoms with E-state index >= 15 is 0 Å². The van der Waals surface area contributed by atoms with Crippen LogP contribution in [0, 0.1) is 5.92 Å². The van der Waals surface area contributed by atoms with E-state index in [1.165, 1.54) is 0 Å². The molecule has 0 saturated heterocycles. The highest BCUT2D eigenvalue weighted by atomic mass is 16.1. The van der Waals surface area contributed by atoms with Crippen LogP contribution in [0.5, 0.6) is 0 Å². The molecule has 1 aromatic heterocycles. The molecule has 3 heteroatoms. The number of fused-ring (bicyclic) bond motifs is 1. The van der Waals surface area contributed by atoms with Gasteiger partial charge in [-0.05, 0) is 18.8 Å². The van der Waals surface area contributed by atoms with Crippen molar-refractivity contribution < 1.29 is 4.79 Å². The van der Waals surface area contributed by atoms with Crippen molar-refractivity contribution in [3.63, 3.8) is 0 Å². The Morgan fingerprint density at radius 3 is 3.13 bits per heavy atom. The first-order valence-electron chi connectivity index (χ1n) is 5.72. The lowest BCUT2D eigenvalue weighted by molar-refractivity contribution is -0.109. The molecule has 1 aromatic rings. The molecule has 82 valence electrons. The van der Waals surface area contributed by atoms with Gasteiger partial charge in [-0.3, -0.25) is 0 Å². The third-order valence-corrected chi connectivity index (χ3v) is 3.00. The SMILES string of the molecule is CC(C)Cc1ncc2n1CCCC2C=O. The Hall–Kier alpha value is -1.12. The van der Waals surface area contributed by atoms with Crippen LogP contribution in [0.1, 0.15) is 44.1 Å². The molecular formula is C12H18N2O. The summed E-state index contributed by atoms with van der Waals surface area (Å²) in [6.45, 7) is 5.42. The maximum absolute atomic E-state index is 10.9. The Morgan fingerprint density at radius 1 is 1.67 bits per heavy atom. The van der Waals surface area contributed by atoms with Crippen LogP contribution >= 0.6 is 0 Å². The Morgan fingerprint density at radius 2 is 2.47 bits per heavy atom. The van der Waals surface area contributed by atoms with Crippen LogP contribution < -0.4 is 0 Å². The van der Waals surface area contributed by atoms with Crippen LogP contribution in [0.2, 0.25) is 0 Å². The number of carbonyl (C=O) groups excluding carboxylic acids is 1.